The van der Waals surface area contributed by atoms with Gasteiger partial charge in [0, 0.05) is 17.6 Å². The van der Waals surface area contributed by atoms with Gasteiger partial charge in [-0.25, -0.2) is 19.6 Å². The molecule has 2 saturated heterocycles. The average Bonchev–Trinajstić information content (AvgIpc) is 3.94. The lowest BCUT2D eigenvalue weighted by Gasteiger charge is -2.30. The van der Waals surface area contributed by atoms with Crippen molar-refractivity contribution in [1.82, 2.24) is 29.7 Å². The molecular formula is C43H54N6O4. The van der Waals surface area contributed by atoms with Crippen LogP contribution >= 0.6 is 0 Å². The second-order valence-electron chi connectivity index (χ2n) is 17.8. The van der Waals surface area contributed by atoms with Crippen molar-refractivity contribution in [2.45, 2.75) is 148 Å². The molecule has 2 aliphatic heterocycles. The number of aromatic amines is 2. The summed E-state index contributed by atoms with van der Waals surface area (Å²) in [6.07, 6.45) is 10.4. The molecule has 3 fully saturated rings. The lowest BCUT2D eigenvalue weighted by molar-refractivity contribution is 0.0141. The highest BCUT2D eigenvalue weighted by atomic mass is 16.6. The fourth-order valence-electron chi connectivity index (χ4n) is 9.38. The number of H-pyrrole nitrogens is 2. The third kappa shape index (κ3) is 6.63. The quantitative estimate of drug-likeness (QED) is 0.212. The van der Waals surface area contributed by atoms with Gasteiger partial charge in [0.15, 0.2) is 0 Å². The second-order valence-corrected chi connectivity index (χ2v) is 17.8. The number of imidazole rings is 2. The van der Waals surface area contributed by atoms with Crippen molar-refractivity contribution in [2.75, 3.05) is 0 Å². The number of hydrogen-bond acceptors (Lipinski definition) is 6. The van der Waals surface area contributed by atoms with Crippen molar-refractivity contribution >= 4 is 12.2 Å². The molecule has 10 heteroatoms. The summed E-state index contributed by atoms with van der Waals surface area (Å²) in [5, 5.41) is 0. The molecule has 3 unspecified atom stereocenters. The number of fused-ring (bicyclic) bond motifs is 5. The molecule has 2 aromatic carbocycles. The van der Waals surface area contributed by atoms with Crippen LogP contribution in [0.2, 0.25) is 0 Å². The predicted molar refractivity (Wildman–Crippen MR) is 205 cm³/mol. The first kappa shape index (κ1) is 35.4. The van der Waals surface area contributed by atoms with E-state index in [9.17, 15) is 9.59 Å². The molecule has 2 aliphatic carbocycles. The first-order chi connectivity index (χ1) is 25.1. The van der Waals surface area contributed by atoms with Crippen molar-refractivity contribution in [3.05, 3.63) is 71.6 Å². The molecule has 10 nitrogen and oxygen atoms in total. The van der Waals surface area contributed by atoms with Gasteiger partial charge in [-0.2, -0.15) is 0 Å². The maximum atomic E-state index is 13.2. The monoisotopic (exact) mass is 718 g/mol. The minimum Gasteiger partial charge on any atom is -0.444 e. The Balaban J connectivity index is 1.04. The molecule has 2 aromatic heterocycles. The topological polar surface area (TPSA) is 116 Å². The lowest BCUT2D eigenvalue weighted by Crippen LogP contribution is -2.40. The van der Waals surface area contributed by atoms with E-state index in [-0.39, 0.29) is 36.4 Å². The van der Waals surface area contributed by atoms with Gasteiger partial charge < -0.3 is 19.4 Å². The van der Waals surface area contributed by atoms with Crippen LogP contribution in [0.1, 0.15) is 147 Å². The zero-order chi connectivity index (χ0) is 37.4. The summed E-state index contributed by atoms with van der Waals surface area (Å²) in [7, 11) is 0. The van der Waals surface area contributed by atoms with E-state index in [1.54, 1.807) is 0 Å². The molecular weight excluding hydrogens is 665 g/mol. The maximum Gasteiger partial charge on any atom is 0.411 e. The van der Waals surface area contributed by atoms with Gasteiger partial charge in [0.2, 0.25) is 0 Å². The van der Waals surface area contributed by atoms with Gasteiger partial charge in [0.25, 0.3) is 0 Å². The molecule has 53 heavy (non-hydrogen) atoms. The van der Waals surface area contributed by atoms with E-state index in [2.05, 4.69) is 60.2 Å². The number of rotatable bonds is 5. The van der Waals surface area contributed by atoms with Crippen molar-refractivity contribution in [1.29, 1.82) is 0 Å². The maximum absolute atomic E-state index is 13.2. The van der Waals surface area contributed by atoms with Crippen LogP contribution in [0.5, 0.6) is 0 Å². The van der Waals surface area contributed by atoms with Crippen LogP contribution in [0, 0.1) is 0 Å². The highest BCUT2D eigenvalue weighted by molar-refractivity contribution is 5.80. The number of carbonyl (C=O) groups excluding carboxylic acids is 2. The van der Waals surface area contributed by atoms with Crippen LogP contribution in [-0.4, -0.2) is 65.2 Å². The van der Waals surface area contributed by atoms with E-state index in [0.717, 1.165) is 54.3 Å². The number of nitrogens with one attached hydrogen (secondary N) is 2. The zero-order valence-electron chi connectivity index (χ0n) is 32.5. The normalized spacial score (nSPS) is 25.3. The van der Waals surface area contributed by atoms with Crippen molar-refractivity contribution < 1.29 is 19.1 Å². The van der Waals surface area contributed by atoms with Crippen LogP contribution in [0.4, 0.5) is 9.59 Å². The highest BCUT2D eigenvalue weighted by Gasteiger charge is 2.43. The number of benzene rings is 2. The molecule has 1 saturated carbocycles. The fourth-order valence-corrected chi connectivity index (χ4v) is 9.38. The molecule has 4 aromatic rings. The number of likely N-dealkylation sites (tertiary alicyclic amines) is 2. The molecule has 0 radical (unpaired) electrons. The van der Waals surface area contributed by atoms with Crippen molar-refractivity contribution in [2.24, 2.45) is 0 Å². The summed E-state index contributed by atoms with van der Waals surface area (Å²) >= 11 is 0. The Labute approximate surface area is 313 Å². The third-order valence-electron chi connectivity index (χ3n) is 11.7. The van der Waals surface area contributed by atoms with Gasteiger partial charge in [-0.1, -0.05) is 36.4 Å². The van der Waals surface area contributed by atoms with Gasteiger partial charge >= 0.3 is 12.2 Å². The standard InChI is InChI=1S/C43H54N6O4/c1-24-9-19-34(48(24)40(50)52-42(3,4)5)38-44-22-32(46-38)27-13-11-26(12-14-27)30-17-18-31(37-29-16-15-28(21-29)36(30)37)33-23-45-39(47-33)35-20-10-25(2)49(35)41(51)53-43(6,7)8/h11-14,17-18,22-25,28-29,34-35H,9-10,15-16,19-21H2,1-8H3,(H,44,46)(H,45,47)/t24-,25-,28?,29?,34-,35?/m0/s1. The van der Waals surface area contributed by atoms with Gasteiger partial charge in [0.1, 0.15) is 22.9 Å². The minimum absolute atomic E-state index is 0.0898. The van der Waals surface area contributed by atoms with E-state index in [0.29, 0.717) is 11.8 Å². The Kier molecular flexibility index (Phi) is 8.73. The highest BCUT2D eigenvalue weighted by Crippen LogP contribution is 2.58. The molecule has 6 atom stereocenters. The van der Waals surface area contributed by atoms with E-state index in [1.165, 1.54) is 47.1 Å². The summed E-state index contributed by atoms with van der Waals surface area (Å²) < 4.78 is 11.5. The zero-order valence-corrected chi connectivity index (χ0v) is 32.5. The Hall–Kier alpha value is -4.60. The van der Waals surface area contributed by atoms with Crippen molar-refractivity contribution in [3.8, 4) is 33.6 Å². The molecule has 2 amide bonds. The van der Waals surface area contributed by atoms with Crippen LogP contribution in [0.25, 0.3) is 33.6 Å². The van der Waals surface area contributed by atoms with Crippen LogP contribution < -0.4 is 0 Å². The molecule has 0 spiro atoms. The Morgan fingerprint density at radius 3 is 1.60 bits per heavy atom. The number of nitrogens with zero attached hydrogens (tertiary/aromatic N) is 4. The Bertz CT molecular complexity index is 2020. The van der Waals surface area contributed by atoms with E-state index in [1.807, 2.05) is 63.7 Å². The lowest BCUT2D eigenvalue weighted by atomic mass is 9.82. The molecule has 4 heterocycles. The van der Waals surface area contributed by atoms with E-state index >= 15 is 0 Å². The van der Waals surface area contributed by atoms with E-state index < -0.39 is 11.2 Å². The van der Waals surface area contributed by atoms with Crippen molar-refractivity contribution in [3.63, 3.8) is 0 Å². The predicted octanol–water partition coefficient (Wildman–Crippen LogP) is 10.4. The summed E-state index contributed by atoms with van der Waals surface area (Å²) in [6.45, 7) is 15.6. The number of ether oxygens (including phenoxy) is 2. The van der Waals surface area contributed by atoms with Gasteiger partial charge in [-0.05, 0) is 140 Å². The summed E-state index contributed by atoms with van der Waals surface area (Å²) in [5.41, 5.74) is 8.60. The summed E-state index contributed by atoms with van der Waals surface area (Å²) in [5.74, 6) is 2.73. The number of aromatic nitrogens is 4. The number of carbonyl (C=O) groups is 2. The SMILES string of the molecule is C[C@H]1CCC(c2ncc(-c3ccc(-c4ccc(-c5cnc([C@@H]6CC[C@H](C)N6C(=O)OC(C)(C)C)[nH]5)cc4)c4c3C3CCC4C3)[nH]2)N1C(=O)OC(C)(C)C. The summed E-state index contributed by atoms with van der Waals surface area (Å²) in [4.78, 5) is 46.8. The Morgan fingerprint density at radius 2 is 1.08 bits per heavy atom. The first-order valence-corrected chi connectivity index (χ1v) is 19.6. The largest absolute Gasteiger partial charge is 0.444 e. The first-order valence-electron chi connectivity index (χ1n) is 19.6. The second kappa shape index (κ2) is 13.1. The number of hydrogen-bond donors (Lipinski definition) is 2. The van der Waals surface area contributed by atoms with Gasteiger partial charge in [-0.3, -0.25) is 9.80 Å². The fraction of sp³-hybridized carbons (Fsp3) is 0.535. The smallest absolute Gasteiger partial charge is 0.411 e. The van der Waals surface area contributed by atoms with Crippen LogP contribution in [0.15, 0.2) is 48.8 Å². The van der Waals surface area contributed by atoms with E-state index in [4.69, 9.17) is 19.4 Å². The molecule has 2 N–H and O–H groups in total. The average molecular weight is 719 g/mol. The minimum atomic E-state index is -0.552. The molecule has 280 valence electrons. The third-order valence-corrected chi connectivity index (χ3v) is 11.7. The Morgan fingerprint density at radius 1 is 0.623 bits per heavy atom. The van der Waals surface area contributed by atoms with Crippen LogP contribution in [-0.2, 0) is 9.47 Å². The molecule has 8 rings (SSSR count). The molecule has 4 aliphatic rings. The van der Waals surface area contributed by atoms with Gasteiger partial charge in [0.05, 0.1) is 35.9 Å². The van der Waals surface area contributed by atoms with Gasteiger partial charge in [-0.15, -0.1) is 0 Å². The van der Waals surface area contributed by atoms with Crippen LogP contribution in [0.3, 0.4) is 0 Å². The molecule has 2 bridgehead atoms. The number of amides is 2. The summed E-state index contributed by atoms with van der Waals surface area (Å²) in [6, 6.07) is 13.3.